The molecule has 3 rings (SSSR count). The van der Waals surface area contributed by atoms with E-state index in [1.54, 1.807) is 24.3 Å². The maximum Gasteiger partial charge on any atom is 0.254 e. The average Bonchev–Trinajstić information content (AvgIpc) is 2.64. The van der Waals surface area contributed by atoms with Crippen molar-refractivity contribution in [3.63, 3.8) is 0 Å². The van der Waals surface area contributed by atoms with E-state index in [9.17, 15) is 4.79 Å². The van der Waals surface area contributed by atoms with E-state index < -0.39 is 0 Å². The van der Waals surface area contributed by atoms with E-state index in [4.69, 9.17) is 5.26 Å². The minimum Gasteiger partial charge on any atom is -0.328 e. The molecule has 1 fully saturated rings. The van der Waals surface area contributed by atoms with Crippen LogP contribution in [0.2, 0.25) is 0 Å². The number of nitrogens with one attached hydrogen (secondary N) is 1. The standard InChI is InChI=1S/C20H21N3O/c1-16-5-2-3-7-19(16)15-22-9-11-23(12-10-22)20(24)18-8-4-6-17(13-18)14-21/h2-8,13H,9-12,15H2,1H3/p+1. The molecule has 0 saturated carbocycles. The second-order valence-electron chi connectivity index (χ2n) is 6.34. The molecule has 24 heavy (non-hydrogen) atoms. The third kappa shape index (κ3) is 3.64. The Morgan fingerprint density at radius 2 is 1.92 bits per heavy atom. The molecule has 2 aromatic carbocycles. The zero-order valence-corrected chi connectivity index (χ0v) is 14.0. The Hall–Kier alpha value is -2.64. The van der Waals surface area contributed by atoms with Gasteiger partial charge in [0.1, 0.15) is 6.54 Å². The van der Waals surface area contributed by atoms with Crippen molar-refractivity contribution in [2.24, 2.45) is 0 Å². The van der Waals surface area contributed by atoms with Crippen molar-refractivity contribution in [3.05, 3.63) is 70.8 Å². The zero-order valence-electron chi connectivity index (χ0n) is 14.0. The number of benzene rings is 2. The zero-order chi connectivity index (χ0) is 16.9. The van der Waals surface area contributed by atoms with Crippen molar-refractivity contribution in [2.45, 2.75) is 13.5 Å². The van der Waals surface area contributed by atoms with Crippen LogP contribution in [0, 0.1) is 18.3 Å². The molecule has 0 unspecified atom stereocenters. The van der Waals surface area contributed by atoms with Crippen LogP contribution < -0.4 is 4.90 Å². The smallest absolute Gasteiger partial charge is 0.254 e. The van der Waals surface area contributed by atoms with Crippen LogP contribution in [-0.2, 0) is 6.54 Å². The molecule has 1 aliphatic heterocycles. The number of nitriles is 1. The number of carbonyl (C=O) groups is 1. The van der Waals surface area contributed by atoms with Gasteiger partial charge in [0.15, 0.2) is 0 Å². The highest BCUT2D eigenvalue weighted by Gasteiger charge is 2.24. The van der Waals surface area contributed by atoms with Crippen LogP contribution in [0.1, 0.15) is 27.0 Å². The van der Waals surface area contributed by atoms with E-state index in [1.165, 1.54) is 16.0 Å². The van der Waals surface area contributed by atoms with Crippen molar-refractivity contribution in [2.75, 3.05) is 26.2 Å². The summed E-state index contributed by atoms with van der Waals surface area (Å²) >= 11 is 0. The lowest BCUT2D eigenvalue weighted by molar-refractivity contribution is -0.917. The summed E-state index contributed by atoms with van der Waals surface area (Å²) < 4.78 is 0. The van der Waals surface area contributed by atoms with E-state index in [0.717, 1.165) is 32.7 Å². The molecule has 0 radical (unpaired) electrons. The number of nitrogens with zero attached hydrogens (tertiary/aromatic N) is 2. The summed E-state index contributed by atoms with van der Waals surface area (Å²) in [4.78, 5) is 16.0. The Labute approximate surface area is 142 Å². The number of hydrogen-bond donors (Lipinski definition) is 1. The molecule has 4 heteroatoms. The Balaban J connectivity index is 1.59. The number of hydrogen-bond acceptors (Lipinski definition) is 2. The lowest BCUT2D eigenvalue weighted by atomic mass is 10.1. The summed E-state index contributed by atoms with van der Waals surface area (Å²) in [5.74, 6) is 0.0297. The van der Waals surface area contributed by atoms with Crippen molar-refractivity contribution >= 4 is 5.91 Å². The molecule has 0 aliphatic carbocycles. The van der Waals surface area contributed by atoms with Crippen LogP contribution in [0.5, 0.6) is 0 Å². The first-order valence-electron chi connectivity index (χ1n) is 8.35. The number of carbonyl (C=O) groups excluding carboxylic acids is 1. The number of piperazine rings is 1. The number of amides is 1. The molecule has 1 N–H and O–H groups in total. The maximum absolute atomic E-state index is 12.6. The molecule has 1 heterocycles. The van der Waals surface area contributed by atoms with Gasteiger partial charge in [-0.1, -0.05) is 30.3 Å². The summed E-state index contributed by atoms with van der Waals surface area (Å²) in [6.07, 6.45) is 0. The van der Waals surface area contributed by atoms with Gasteiger partial charge >= 0.3 is 0 Å². The molecule has 0 spiro atoms. The van der Waals surface area contributed by atoms with E-state index in [2.05, 4.69) is 37.3 Å². The van der Waals surface area contributed by atoms with Gasteiger partial charge in [0.25, 0.3) is 5.91 Å². The monoisotopic (exact) mass is 320 g/mol. The second-order valence-corrected chi connectivity index (χ2v) is 6.34. The van der Waals surface area contributed by atoms with Crippen LogP contribution in [0.3, 0.4) is 0 Å². The highest BCUT2D eigenvalue weighted by atomic mass is 16.2. The summed E-state index contributed by atoms with van der Waals surface area (Å²) in [6.45, 7) is 6.60. The highest BCUT2D eigenvalue weighted by Crippen LogP contribution is 2.09. The van der Waals surface area contributed by atoms with E-state index >= 15 is 0 Å². The summed E-state index contributed by atoms with van der Waals surface area (Å²) in [7, 11) is 0. The van der Waals surface area contributed by atoms with Crippen molar-refractivity contribution < 1.29 is 9.69 Å². The average molecular weight is 320 g/mol. The topological polar surface area (TPSA) is 48.5 Å². The van der Waals surface area contributed by atoms with Gasteiger partial charge in [-0.3, -0.25) is 4.79 Å². The fraction of sp³-hybridized carbons (Fsp3) is 0.300. The molecule has 1 aliphatic rings. The minimum absolute atomic E-state index is 0.0297. The quantitative estimate of drug-likeness (QED) is 0.929. The molecular weight excluding hydrogens is 298 g/mol. The predicted molar refractivity (Wildman–Crippen MR) is 92.6 cm³/mol. The van der Waals surface area contributed by atoms with Crippen molar-refractivity contribution in [1.29, 1.82) is 5.26 Å². The van der Waals surface area contributed by atoms with Crippen molar-refractivity contribution in [3.8, 4) is 6.07 Å². The van der Waals surface area contributed by atoms with E-state index in [-0.39, 0.29) is 5.91 Å². The van der Waals surface area contributed by atoms with Gasteiger partial charge < -0.3 is 9.80 Å². The molecule has 4 nitrogen and oxygen atoms in total. The number of aryl methyl sites for hydroxylation is 1. The van der Waals surface area contributed by atoms with Crippen LogP contribution >= 0.6 is 0 Å². The lowest BCUT2D eigenvalue weighted by Gasteiger charge is -2.32. The normalized spacial score (nSPS) is 15.1. The minimum atomic E-state index is 0.0297. The molecule has 122 valence electrons. The number of quaternary nitrogens is 1. The van der Waals surface area contributed by atoms with Crippen LogP contribution in [0.25, 0.3) is 0 Å². The van der Waals surface area contributed by atoms with Crippen molar-refractivity contribution in [1.82, 2.24) is 4.90 Å². The summed E-state index contributed by atoms with van der Waals surface area (Å²) in [5.41, 5.74) is 3.85. The predicted octanol–water partition coefficient (Wildman–Crippen LogP) is 1.41. The fourth-order valence-corrected chi connectivity index (χ4v) is 3.18. The lowest BCUT2D eigenvalue weighted by Crippen LogP contribution is -3.13. The van der Waals surface area contributed by atoms with Gasteiger partial charge in [-0.15, -0.1) is 0 Å². The molecule has 0 aromatic heterocycles. The summed E-state index contributed by atoms with van der Waals surface area (Å²) in [6, 6.07) is 17.5. The third-order valence-corrected chi connectivity index (χ3v) is 4.70. The Morgan fingerprint density at radius 3 is 2.62 bits per heavy atom. The van der Waals surface area contributed by atoms with Crippen LogP contribution in [-0.4, -0.2) is 37.0 Å². The first-order chi connectivity index (χ1) is 11.7. The van der Waals surface area contributed by atoms with E-state index in [1.807, 2.05) is 4.90 Å². The molecule has 0 bridgehead atoms. The van der Waals surface area contributed by atoms with Gasteiger partial charge in [0, 0.05) is 11.1 Å². The van der Waals surface area contributed by atoms with Gasteiger partial charge in [0.05, 0.1) is 37.8 Å². The first-order valence-corrected chi connectivity index (χ1v) is 8.35. The molecule has 2 aromatic rings. The van der Waals surface area contributed by atoms with E-state index in [0.29, 0.717) is 11.1 Å². The maximum atomic E-state index is 12.6. The molecule has 0 atom stereocenters. The van der Waals surface area contributed by atoms with Gasteiger partial charge in [-0.05, 0) is 30.7 Å². The SMILES string of the molecule is Cc1ccccc1C[NH+]1CCN(C(=O)c2cccc(C#N)c2)CC1. The Bertz CT molecular complexity index is 770. The largest absolute Gasteiger partial charge is 0.328 e. The second kappa shape index (κ2) is 7.29. The Kier molecular flexibility index (Phi) is 4.93. The number of rotatable bonds is 3. The van der Waals surface area contributed by atoms with Gasteiger partial charge in [0.2, 0.25) is 0 Å². The molecule has 1 amide bonds. The Morgan fingerprint density at radius 1 is 1.17 bits per heavy atom. The third-order valence-electron chi connectivity index (χ3n) is 4.70. The van der Waals surface area contributed by atoms with Gasteiger partial charge in [-0.2, -0.15) is 5.26 Å². The van der Waals surface area contributed by atoms with Crippen LogP contribution in [0.4, 0.5) is 0 Å². The molecule has 1 saturated heterocycles. The van der Waals surface area contributed by atoms with Gasteiger partial charge in [-0.25, -0.2) is 0 Å². The fourth-order valence-electron chi connectivity index (χ4n) is 3.18. The first kappa shape index (κ1) is 16.2. The highest BCUT2D eigenvalue weighted by molar-refractivity contribution is 5.94. The summed E-state index contributed by atoms with van der Waals surface area (Å²) in [5, 5.41) is 8.97. The molecular formula is C20H22N3O+. The van der Waals surface area contributed by atoms with Crippen LogP contribution in [0.15, 0.2) is 48.5 Å².